The molecule has 0 bridgehead atoms. The van der Waals surface area contributed by atoms with E-state index in [0.717, 1.165) is 36.9 Å². The highest BCUT2D eigenvalue weighted by Gasteiger charge is 2.17. The van der Waals surface area contributed by atoms with E-state index in [-0.39, 0.29) is 36.4 Å². The molecule has 2 N–H and O–H groups in total. The van der Waals surface area contributed by atoms with Gasteiger partial charge in [0.25, 0.3) is 0 Å². The van der Waals surface area contributed by atoms with Gasteiger partial charge in [0.05, 0.1) is 13.7 Å². The van der Waals surface area contributed by atoms with Gasteiger partial charge in [-0.15, -0.1) is 24.0 Å². The number of rotatable bonds is 5. The number of methoxy groups -OCH3 is 1. The van der Waals surface area contributed by atoms with E-state index >= 15 is 0 Å². The smallest absolute Gasteiger partial charge is 0.243 e. The Labute approximate surface area is 189 Å². The average Bonchev–Trinajstić information content (AvgIpc) is 2.75. The zero-order valence-corrected chi connectivity index (χ0v) is 19.1. The van der Waals surface area contributed by atoms with Crippen molar-refractivity contribution in [3.63, 3.8) is 0 Å². The summed E-state index contributed by atoms with van der Waals surface area (Å²) < 4.78 is 5.31. The van der Waals surface area contributed by atoms with Gasteiger partial charge in [-0.3, -0.25) is 9.79 Å². The number of carbonyl (C=O) groups is 1. The van der Waals surface area contributed by atoms with Crippen LogP contribution in [0.5, 0.6) is 5.75 Å². The maximum Gasteiger partial charge on any atom is 0.243 e. The fraction of sp³-hybridized carbons (Fsp3) is 0.273. The second kappa shape index (κ2) is 11.5. The van der Waals surface area contributed by atoms with Crippen LogP contribution < -0.4 is 15.4 Å². The van der Waals surface area contributed by atoms with Crippen molar-refractivity contribution < 1.29 is 9.53 Å². The van der Waals surface area contributed by atoms with Gasteiger partial charge >= 0.3 is 0 Å². The first kappa shape index (κ1) is 22.7. The number of halogens is 1. The number of anilines is 1. The van der Waals surface area contributed by atoms with Crippen LogP contribution in [0, 0.1) is 0 Å². The van der Waals surface area contributed by atoms with Crippen LogP contribution in [0.15, 0.2) is 65.7 Å². The first-order valence-electron chi connectivity index (χ1n) is 9.33. The number of amides is 1. The SMILES string of the molecule is CN=C(NCC(=O)Nc1ccccc1)N1CC=C(c2cccc(OC)c2)CC1.I. The highest BCUT2D eigenvalue weighted by Crippen LogP contribution is 2.25. The summed E-state index contributed by atoms with van der Waals surface area (Å²) in [6, 6.07) is 17.5. The number of hydrogen-bond donors (Lipinski definition) is 2. The molecule has 1 amide bonds. The quantitative estimate of drug-likeness (QED) is 0.370. The van der Waals surface area contributed by atoms with Gasteiger partial charge in [-0.25, -0.2) is 0 Å². The fourth-order valence-electron chi connectivity index (χ4n) is 3.16. The Bertz CT molecular complexity index is 868. The van der Waals surface area contributed by atoms with Gasteiger partial charge in [0.2, 0.25) is 5.91 Å². The molecule has 1 aliphatic heterocycles. The molecular formula is C22H27IN4O2. The molecule has 2 aromatic rings. The molecule has 0 saturated heterocycles. The Kier molecular flexibility index (Phi) is 8.98. The lowest BCUT2D eigenvalue weighted by Crippen LogP contribution is -2.45. The van der Waals surface area contributed by atoms with Crippen LogP contribution in [0.4, 0.5) is 5.69 Å². The van der Waals surface area contributed by atoms with Crippen molar-refractivity contribution in [2.45, 2.75) is 6.42 Å². The van der Waals surface area contributed by atoms with E-state index in [1.54, 1.807) is 14.2 Å². The van der Waals surface area contributed by atoms with Crippen LogP contribution in [0.2, 0.25) is 0 Å². The molecule has 1 heterocycles. The Morgan fingerprint density at radius 1 is 1.17 bits per heavy atom. The molecule has 2 aromatic carbocycles. The molecular weight excluding hydrogens is 479 g/mol. The van der Waals surface area contributed by atoms with Crippen molar-refractivity contribution in [3.8, 4) is 5.75 Å². The molecule has 0 atom stereocenters. The molecule has 6 nitrogen and oxygen atoms in total. The van der Waals surface area contributed by atoms with Crippen molar-refractivity contribution in [1.82, 2.24) is 10.2 Å². The van der Waals surface area contributed by atoms with E-state index in [1.807, 2.05) is 42.5 Å². The third-order valence-electron chi connectivity index (χ3n) is 4.63. The second-order valence-corrected chi connectivity index (χ2v) is 6.47. The number of aliphatic imine (C=N–C) groups is 1. The number of nitrogens with one attached hydrogen (secondary N) is 2. The Hall–Kier alpha value is -2.55. The summed E-state index contributed by atoms with van der Waals surface area (Å²) >= 11 is 0. The number of ether oxygens (including phenoxy) is 1. The third-order valence-corrected chi connectivity index (χ3v) is 4.63. The molecule has 0 unspecified atom stereocenters. The number of benzene rings is 2. The largest absolute Gasteiger partial charge is 0.497 e. The lowest BCUT2D eigenvalue weighted by Gasteiger charge is -2.29. The minimum atomic E-state index is -0.100. The van der Waals surface area contributed by atoms with Crippen molar-refractivity contribution in [2.75, 3.05) is 39.1 Å². The van der Waals surface area contributed by atoms with Crippen LogP contribution in [-0.2, 0) is 4.79 Å². The predicted molar refractivity (Wildman–Crippen MR) is 129 cm³/mol. The van der Waals surface area contributed by atoms with E-state index < -0.39 is 0 Å². The number of hydrogen-bond acceptors (Lipinski definition) is 3. The molecule has 29 heavy (non-hydrogen) atoms. The molecule has 0 spiro atoms. The van der Waals surface area contributed by atoms with E-state index in [9.17, 15) is 4.79 Å². The molecule has 0 aromatic heterocycles. The normalized spacial score (nSPS) is 13.8. The lowest BCUT2D eigenvalue weighted by atomic mass is 9.99. The molecule has 0 saturated carbocycles. The molecule has 0 aliphatic carbocycles. The van der Waals surface area contributed by atoms with Gasteiger partial charge in [0.1, 0.15) is 5.75 Å². The number of carbonyl (C=O) groups excluding carboxylic acids is 1. The summed E-state index contributed by atoms with van der Waals surface area (Å²) in [6.45, 7) is 1.75. The molecule has 154 valence electrons. The van der Waals surface area contributed by atoms with Gasteiger partial charge in [-0.2, -0.15) is 0 Å². The first-order chi connectivity index (χ1) is 13.7. The van der Waals surface area contributed by atoms with Gasteiger partial charge in [-0.05, 0) is 41.8 Å². The van der Waals surface area contributed by atoms with E-state index in [2.05, 4.69) is 38.7 Å². The molecule has 0 radical (unpaired) electrons. The third kappa shape index (κ3) is 6.49. The summed E-state index contributed by atoms with van der Waals surface area (Å²) in [7, 11) is 3.42. The van der Waals surface area contributed by atoms with E-state index in [1.165, 1.54) is 11.1 Å². The van der Waals surface area contributed by atoms with Gasteiger partial charge in [0, 0.05) is 25.8 Å². The maximum atomic E-state index is 12.1. The van der Waals surface area contributed by atoms with Crippen LogP contribution in [0.1, 0.15) is 12.0 Å². The lowest BCUT2D eigenvalue weighted by molar-refractivity contribution is -0.115. The minimum Gasteiger partial charge on any atom is -0.497 e. The highest BCUT2D eigenvalue weighted by atomic mass is 127. The van der Waals surface area contributed by atoms with Gasteiger partial charge in [0.15, 0.2) is 5.96 Å². The summed E-state index contributed by atoms with van der Waals surface area (Å²) in [5.41, 5.74) is 3.27. The van der Waals surface area contributed by atoms with Crippen molar-refractivity contribution >= 4 is 47.1 Å². The average molecular weight is 506 g/mol. The Balaban J connectivity index is 0.00000300. The number of para-hydroxylation sites is 1. The van der Waals surface area contributed by atoms with Crippen LogP contribution in [0.25, 0.3) is 5.57 Å². The van der Waals surface area contributed by atoms with Crippen molar-refractivity contribution in [3.05, 3.63) is 66.2 Å². The van der Waals surface area contributed by atoms with E-state index in [0.29, 0.717) is 0 Å². The zero-order valence-electron chi connectivity index (χ0n) is 16.7. The van der Waals surface area contributed by atoms with Crippen LogP contribution in [-0.4, -0.2) is 50.6 Å². The van der Waals surface area contributed by atoms with Crippen molar-refractivity contribution in [2.24, 2.45) is 4.99 Å². The van der Waals surface area contributed by atoms with Crippen molar-refractivity contribution in [1.29, 1.82) is 0 Å². The molecule has 3 rings (SSSR count). The number of nitrogens with zero attached hydrogens (tertiary/aromatic N) is 2. The number of guanidine groups is 1. The minimum absolute atomic E-state index is 0. The first-order valence-corrected chi connectivity index (χ1v) is 9.33. The molecule has 0 fully saturated rings. The molecule has 7 heteroatoms. The monoisotopic (exact) mass is 506 g/mol. The Morgan fingerprint density at radius 3 is 2.62 bits per heavy atom. The summed E-state index contributed by atoms with van der Waals surface area (Å²) in [6.07, 6.45) is 3.11. The second-order valence-electron chi connectivity index (χ2n) is 6.47. The summed E-state index contributed by atoms with van der Waals surface area (Å²) in [5.74, 6) is 1.49. The van der Waals surface area contributed by atoms with Crippen LogP contribution in [0.3, 0.4) is 0 Å². The Morgan fingerprint density at radius 2 is 1.97 bits per heavy atom. The zero-order chi connectivity index (χ0) is 19.8. The van der Waals surface area contributed by atoms with E-state index in [4.69, 9.17) is 4.74 Å². The summed E-state index contributed by atoms with van der Waals surface area (Å²) in [4.78, 5) is 18.6. The fourth-order valence-corrected chi connectivity index (χ4v) is 3.16. The highest BCUT2D eigenvalue weighted by molar-refractivity contribution is 14.0. The van der Waals surface area contributed by atoms with Crippen LogP contribution >= 0.6 is 24.0 Å². The molecule has 1 aliphatic rings. The topological polar surface area (TPSA) is 66.0 Å². The van der Waals surface area contributed by atoms with Gasteiger partial charge < -0.3 is 20.3 Å². The summed E-state index contributed by atoms with van der Waals surface area (Å²) in [5, 5.41) is 6.01. The van der Waals surface area contributed by atoms with Gasteiger partial charge in [-0.1, -0.05) is 36.4 Å². The standard InChI is InChI=1S/C22H26N4O2.HI/c1-23-22(24-16-21(27)25-19-8-4-3-5-9-19)26-13-11-17(12-14-26)18-7-6-10-20(15-18)28-2;/h3-11,15H,12-14,16H2,1-2H3,(H,23,24)(H,25,27);1H. The maximum absolute atomic E-state index is 12.1. The predicted octanol–water partition coefficient (Wildman–Crippen LogP) is 3.62.